The zero-order valence-corrected chi connectivity index (χ0v) is 10.2. The number of anilines is 1. The van der Waals surface area contributed by atoms with Crippen molar-refractivity contribution in [2.75, 3.05) is 11.9 Å². The predicted molar refractivity (Wildman–Crippen MR) is 73.1 cm³/mol. The van der Waals surface area contributed by atoms with Gasteiger partial charge in [-0.05, 0) is 17.5 Å². The van der Waals surface area contributed by atoms with Gasteiger partial charge in [0.25, 0.3) is 5.56 Å². The summed E-state index contributed by atoms with van der Waals surface area (Å²) in [6, 6.07) is 9.43. The highest BCUT2D eigenvalue weighted by molar-refractivity contribution is 5.83. The number of hydrogen-bond donors (Lipinski definition) is 3. The summed E-state index contributed by atoms with van der Waals surface area (Å²) in [5.41, 5.74) is -0.0831. The lowest BCUT2D eigenvalue weighted by atomic mass is 10.2. The smallest absolute Gasteiger partial charge is 0.257 e. The SMILES string of the molecule is O=c1[nH]c(NCCc2ncn[nH]2)cc2ccccc12. The summed E-state index contributed by atoms with van der Waals surface area (Å²) < 4.78 is 0. The first-order valence-electron chi connectivity index (χ1n) is 6.03. The zero-order valence-electron chi connectivity index (χ0n) is 10.2. The van der Waals surface area contributed by atoms with Gasteiger partial charge >= 0.3 is 0 Å². The number of rotatable bonds is 4. The van der Waals surface area contributed by atoms with Gasteiger partial charge in [0.1, 0.15) is 18.0 Å². The quantitative estimate of drug-likeness (QED) is 0.656. The number of H-pyrrole nitrogens is 2. The second-order valence-corrected chi connectivity index (χ2v) is 4.21. The number of nitrogens with one attached hydrogen (secondary N) is 3. The summed E-state index contributed by atoms with van der Waals surface area (Å²) in [5.74, 6) is 1.53. The van der Waals surface area contributed by atoms with Crippen LogP contribution in [0.2, 0.25) is 0 Å². The number of aromatic amines is 2. The molecule has 0 saturated heterocycles. The fourth-order valence-electron chi connectivity index (χ4n) is 1.97. The Morgan fingerprint density at radius 3 is 3.00 bits per heavy atom. The molecule has 0 atom stereocenters. The number of benzene rings is 1. The first-order valence-corrected chi connectivity index (χ1v) is 6.03. The van der Waals surface area contributed by atoms with Gasteiger partial charge in [-0.2, -0.15) is 5.10 Å². The molecule has 0 bridgehead atoms. The van der Waals surface area contributed by atoms with E-state index in [2.05, 4.69) is 25.5 Å². The number of nitrogens with zero attached hydrogens (tertiary/aromatic N) is 2. The molecule has 19 heavy (non-hydrogen) atoms. The topological polar surface area (TPSA) is 86.5 Å². The van der Waals surface area contributed by atoms with E-state index in [1.165, 1.54) is 6.33 Å². The molecule has 3 N–H and O–H groups in total. The zero-order chi connectivity index (χ0) is 13.1. The van der Waals surface area contributed by atoms with E-state index in [-0.39, 0.29) is 5.56 Å². The third-order valence-electron chi connectivity index (χ3n) is 2.90. The third kappa shape index (κ3) is 2.47. The number of pyridine rings is 1. The molecule has 0 spiro atoms. The minimum Gasteiger partial charge on any atom is -0.371 e. The Bertz CT molecular complexity index is 732. The van der Waals surface area contributed by atoms with Gasteiger partial charge in [0.2, 0.25) is 0 Å². The summed E-state index contributed by atoms with van der Waals surface area (Å²) in [7, 11) is 0. The average Bonchev–Trinajstić information content (AvgIpc) is 2.92. The first kappa shape index (κ1) is 11.5. The predicted octanol–water partition coefficient (Wildman–Crippen LogP) is 1.30. The lowest BCUT2D eigenvalue weighted by molar-refractivity contribution is 0.897. The summed E-state index contributed by atoms with van der Waals surface area (Å²) in [4.78, 5) is 18.7. The largest absolute Gasteiger partial charge is 0.371 e. The molecule has 0 aliphatic rings. The Hall–Kier alpha value is -2.63. The average molecular weight is 255 g/mol. The maximum atomic E-state index is 11.9. The molecule has 0 aliphatic carbocycles. The normalized spacial score (nSPS) is 10.7. The highest BCUT2D eigenvalue weighted by atomic mass is 16.1. The van der Waals surface area contributed by atoms with Crippen molar-refractivity contribution in [2.24, 2.45) is 0 Å². The fourth-order valence-corrected chi connectivity index (χ4v) is 1.97. The van der Waals surface area contributed by atoms with Gasteiger partial charge in [-0.15, -0.1) is 0 Å². The summed E-state index contributed by atoms with van der Waals surface area (Å²) in [5, 5.41) is 11.4. The molecule has 0 aliphatic heterocycles. The van der Waals surface area contributed by atoms with Gasteiger partial charge < -0.3 is 10.3 Å². The van der Waals surface area contributed by atoms with Crippen molar-refractivity contribution in [2.45, 2.75) is 6.42 Å². The molecule has 3 rings (SSSR count). The van der Waals surface area contributed by atoms with Crippen LogP contribution < -0.4 is 10.9 Å². The minimum absolute atomic E-state index is 0.0831. The molecular formula is C13H13N5O. The second-order valence-electron chi connectivity index (χ2n) is 4.21. The number of aromatic nitrogens is 4. The first-order chi connectivity index (χ1) is 9.33. The Kier molecular flexibility index (Phi) is 2.97. The van der Waals surface area contributed by atoms with Crippen molar-refractivity contribution in [1.82, 2.24) is 20.2 Å². The molecule has 2 heterocycles. The van der Waals surface area contributed by atoms with E-state index in [0.717, 1.165) is 17.6 Å². The van der Waals surface area contributed by atoms with Crippen LogP contribution in [0.5, 0.6) is 0 Å². The van der Waals surface area contributed by atoms with E-state index in [0.29, 0.717) is 17.7 Å². The highest BCUT2D eigenvalue weighted by Crippen LogP contribution is 2.12. The summed E-state index contributed by atoms with van der Waals surface area (Å²) in [6.45, 7) is 0.670. The Labute approximate surface area is 108 Å². The van der Waals surface area contributed by atoms with Crippen molar-refractivity contribution in [1.29, 1.82) is 0 Å². The molecule has 2 aromatic heterocycles. The van der Waals surface area contributed by atoms with Gasteiger partial charge in [0.15, 0.2) is 0 Å². The van der Waals surface area contributed by atoms with Crippen LogP contribution in [0.15, 0.2) is 41.5 Å². The molecule has 0 radical (unpaired) electrons. The maximum absolute atomic E-state index is 11.9. The molecule has 0 amide bonds. The lowest BCUT2D eigenvalue weighted by Gasteiger charge is -2.06. The fraction of sp³-hybridized carbons (Fsp3) is 0.154. The molecule has 0 saturated carbocycles. The third-order valence-corrected chi connectivity index (χ3v) is 2.90. The summed E-state index contributed by atoms with van der Waals surface area (Å²) >= 11 is 0. The van der Waals surface area contributed by atoms with Crippen molar-refractivity contribution in [3.05, 3.63) is 52.8 Å². The molecule has 96 valence electrons. The maximum Gasteiger partial charge on any atom is 0.257 e. The van der Waals surface area contributed by atoms with Crippen LogP contribution in [0.1, 0.15) is 5.82 Å². The van der Waals surface area contributed by atoms with Crippen LogP contribution in [0.25, 0.3) is 10.8 Å². The van der Waals surface area contributed by atoms with Crippen LogP contribution in [0.3, 0.4) is 0 Å². The van der Waals surface area contributed by atoms with Crippen LogP contribution in [-0.4, -0.2) is 26.7 Å². The molecule has 1 aromatic carbocycles. The van der Waals surface area contributed by atoms with Crippen LogP contribution >= 0.6 is 0 Å². The molecule has 0 fully saturated rings. The van der Waals surface area contributed by atoms with Crippen molar-refractivity contribution < 1.29 is 0 Å². The van der Waals surface area contributed by atoms with E-state index in [1.807, 2.05) is 30.3 Å². The van der Waals surface area contributed by atoms with Crippen molar-refractivity contribution in [3.63, 3.8) is 0 Å². The Morgan fingerprint density at radius 2 is 2.16 bits per heavy atom. The molecule has 0 unspecified atom stereocenters. The van der Waals surface area contributed by atoms with Crippen LogP contribution in [0.4, 0.5) is 5.82 Å². The van der Waals surface area contributed by atoms with E-state index >= 15 is 0 Å². The van der Waals surface area contributed by atoms with Crippen LogP contribution in [-0.2, 0) is 6.42 Å². The van der Waals surface area contributed by atoms with E-state index in [4.69, 9.17) is 0 Å². The monoisotopic (exact) mass is 255 g/mol. The van der Waals surface area contributed by atoms with Gasteiger partial charge in [0, 0.05) is 18.4 Å². The second kappa shape index (κ2) is 4.93. The molecule has 6 heteroatoms. The Balaban J connectivity index is 1.76. The van der Waals surface area contributed by atoms with Gasteiger partial charge in [0.05, 0.1) is 0 Å². The van der Waals surface area contributed by atoms with Crippen LogP contribution in [0, 0.1) is 0 Å². The standard InChI is InChI=1S/C13H13N5O/c19-13-10-4-2-1-3-9(10)7-12(17-13)14-6-5-11-15-8-16-18-11/h1-4,7-8H,5-6H2,(H2,14,17,19)(H,15,16,18). The number of fused-ring (bicyclic) bond motifs is 1. The highest BCUT2D eigenvalue weighted by Gasteiger charge is 2.01. The number of hydrogen-bond acceptors (Lipinski definition) is 4. The Morgan fingerprint density at radius 1 is 1.26 bits per heavy atom. The molecule has 3 aromatic rings. The van der Waals surface area contributed by atoms with Gasteiger partial charge in [-0.25, -0.2) is 4.98 Å². The van der Waals surface area contributed by atoms with Crippen molar-refractivity contribution in [3.8, 4) is 0 Å². The van der Waals surface area contributed by atoms with Gasteiger partial charge in [-0.1, -0.05) is 18.2 Å². The van der Waals surface area contributed by atoms with Gasteiger partial charge in [-0.3, -0.25) is 9.89 Å². The summed E-state index contributed by atoms with van der Waals surface area (Å²) in [6.07, 6.45) is 2.20. The molecule has 6 nitrogen and oxygen atoms in total. The minimum atomic E-state index is -0.0831. The van der Waals surface area contributed by atoms with E-state index in [1.54, 1.807) is 0 Å². The van der Waals surface area contributed by atoms with E-state index in [9.17, 15) is 4.79 Å². The lowest BCUT2D eigenvalue weighted by Crippen LogP contribution is -2.13. The molecular weight excluding hydrogens is 242 g/mol. The van der Waals surface area contributed by atoms with Crippen molar-refractivity contribution >= 4 is 16.6 Å². The van der Waals surface area contributed by atoms with E-state index < -0.39 is 0 Å².